The fourth-order valence-electron chi connectivity index (χ4n) is 3.71. The number of carbonyl (C=O) groups excluding carboxylic acids is 1. The van der Waals surface area contributed by atoms with Gasteiger partial charge in [-0.1, -0.05) is 35.9 Å². The third-order valence-electron chi connectivity index (χ3n) is 5.05. The molecule has 0 N–H and O–H groups in total. The maximum Gasteiger partial charge on any atom is 0.245 e. The van der Waals surface area contributed by atoms with Gasteiger partial charge in [-0.15, -0.1) is 0 Å². The summed E-state index contributed by atoms with van der Waals surface area (Å²) in [4.78, 5) is 19.6. The number of rotatable bonds is 3. The zero-order chi connectivity index (χ0) is 17.4. The number of imidazole rings is 1. The van der Waals surface area contributed by atoms with Crippen molar-refractivity contribution in [2.45, 2.75) is 31.8 Å². The maximum atomic E-state index is 13.2. The second kappa shape index (κ2) is 6.52. The van der Waals surface area contributed by atoms with E-state index in [-0.39, 0.29) is 18.0 Å². The molecule has 0 saturated carbocycles. The lowest BCUT2D eigenvalue weighted by Crippen LogP contribution is -2.35. The molecule has 2 heterocycles. The average molecular weight is 354 g/mol. The Balaban J connectivity index is 1.61. The first-order chi connectivity index (χ1) is 12.1. The number of carbonyl (C=O) groups is 1. The van der Waals surface area contributed by atoms with E-state index in [1.54, 1.807) is 6.33 Å². The van der Waals surface area contributed by atoms with E-state index in [2.05, 4.69) is 4.98 Å². The number of aromatic nitrogens is 2. The highest BCUT2D eigenvalue weighted by Gasteiger charge is 2.33. The molecule has 3 aromatic rings. The Morgan fingerprint density at radius 1 is 1.20 bits per heavy atom. The van der Waals surface area contributed by atoms with Gasteiger partial charge in [0.05, 0.1) is 23.4 Å². The number of benzene rings is 2. The molecule has 1 aliphatic heterocycles. The van der Waals surface area contributed by atoms with Crippen LogP contribution in [0.15, 0.2) is 54.9 Å². The molecule has 0 radical (unpaired) electrons. The number of amides is 1. The summed E-state index contributed by atoms with van der Waals surface area (Å²) in [6, 6.07) is 15.6. The van der Waals surface area contributed by atoms with Crippen LogP contribution in [0.1, 0.15) is 37.4 Å². The van der Waals surface area contributed by atoms with Gasteiger partial charge >= 0.3 is 0 Å². The van der Waals surface area contributed by atoms with Crippen LogP contribution in [0, 0.1) is 0 Å². The molecule has 5 heteroatoms. The van der Waals surface area contributed by atoms with Gasteiger partial charge in [0.1, 0.15) is 6.04 Å². The molecule has 0 spiro atoms. The highest BCUT2D eigenvalue weighted by molar-refractivity contribution is 6.30. The predicted molar refractivity (Wildman–Crippen MR) is 99.6 cm³/mol. The van der Waals surface area contributed by atoms with Crippen molar-refractivity contribution >= 4 is 28.5 Å². The summed E-state index contributed by atoms with van der Waals surface area (Å²) in [7, 11) is 0. The maximum absolute atomic E-state index is 13.2. The van der Waals surface area contributed by atoms with Crippen LogP contribution in [0.3, 0.4) is 0 Å². The average Bonchev–Trinajstić information content (AvgIpc) is 3.28. The second-order valence-corrected chi connectivity index (χ2v) is 6.99. The lowest BCUT2D eigenvalue weighted by atomic mass is 10.0. The topological polar surface area (TPSA) is 38.1 Å². The second-order valence-electron chi connectivity index (χ2n) is 6.56. The molecule has 0 aliphatic carbocycles. The van der Waals surface area contributed by atoms with Crippen molar-refractivity contribution in [3.8, 4) is 0 Å². The summed E-state index contributed by atoms with van der Waals surface area (Å²) >= 11 is 6.00. The molecule has 1 aromatic heterocycles. The monoisotopic (exact) mass is 353 g/mol. The summed E-state index contributed by atoms with van der Waals surface area (Å²) in [6.07, 6.45) is 3.78. The molecular weight excluding hydrogens is 334 g/mol. The van der Waals surface area contributed by atoms with E-state index < -0.39 is 0 Å². The number of fused-ring (bicyclic) bond motifs is 1. The van der Waals surface area contributed by atoms with E-state index in [0.717, 1.165) is 41.0 Å². The quantitative estimate of drug-likeness (QED) is 0.689. The van der Waals surface area contributed by atoms with E-state index in [1.165, 1.54) is 0 Å². The van der Waals surface area contributed by atoms with Crippen molar-refractivity contribution in [2.75, 3.05) is 6.54 Å². The van der Waals surface area contributed by atoms with Gasteiger partial charge in [-0.3, -0.25) is 4.79 Å². The molecule has 128 valence electrons. The SMILES string of the molecule is C[C@@H](C(=O)N1CCC[C@@H]1c1ccc(Cl)cc1)n1cnc2ccccc21. The Labute approximate surface area is 152 Å². The molecule has 1 saturated heterocycles. The van der Waals surface area contributed by atoms with E-state index in [1.807, 2.05) is 64.9 Å². The van der Waals surface area contributed by atoms with Gasteiger partial charge in [0, 0.05) is 11.6 Å². The van der Waals surface area contributed by atoms with Crippen LogP contribution in [0.4, 0.5) is 0 Å². The van der Waals surface area contributed by atoms with E-state index in [9.17, 15) is 4.79 Å². The molecule has 4 rings (SSSR count). The summed E-state index contributed by atoms with van der Waals surface area (Å²) in [5, 5.41) is 0.720. The zero-order valence-corrected chi connectivity index (χ0v) is 14.9. The summed E-state index contributed by atoms with van der Waals surface area (Å²) in [5.74, 6) is 0.139. The first kappa shape index (κ1) is 16.2. The molecule has 0 bridgehead atoms. The van der Waals surface area contributed by atoms with Crippen molar-refractivity contribution in [3.05, 3.63) is 65.4 Å². The van der Waals surface area contributed by atoms with E-state index >= 15 is 0 Å². The first-order valence-corrected chi connectivity index (χ1v) is 9.00. The summed E-state index contributed by atoms with van der Waals surface area (Å²) in [5.41, 5.74) is 3.06. The minimum absolute atomic E-state index is 0.127. The largest absolute Gasteiger partial charge is 0.334 e. The van der Waals surface area contributed by atoms with Gasteiger partial charge in [-0.25, -0.2) is 4.98 Å². The van der Waals surface area contributed by atoms with Gasteiger partial charge in [0.15, 0.2) is 0 Å². The molecular formula is C20H20ClN3O. The lowest BCUT2D eigenvalue weighted by molar-refractivity contribution is -0.135. The van der Waals surface area contributed by atoms with Crippen molar-refractivity contribution in [2.24, 2.45) is 0 Å². The van der Waals surface area contributed by atoms with Gasteiger partial charge in [-0.2, -0.15) is 0 Å². The Morgan fingerprint density at radius 2 is 1.96 bits per heavy atom. The van der Waals surface area contributed by atoms with Crippen molar-refractivity contribution in [1.82, 2.24) is 14.5 Å². The highest BCUT2D eigenvalue weighted by atomic mass is 35.5. The normalized spacial score (nSPS) is 18.6. The Hall–Kier alpha value is -2.33. The minimum atomic E-state index is -0.277. The fourth-order valence-corrected chi connectivity index (χ4v) is 3.83. The Bertz CT molecular complexity index is 903. The molecule has 25 heavy (non-hydrogen) atoms. The van der Waals surface area contributed by atoms with Gasteiger partial charge < -0.3 is 9.47 Å². The molecule has 2 aromatic carbocycles. The van der Waals surface area contributed by atoms with E-state index in [0.29, 0.717) is 0 Å². The van der Waals surface area contributed by atoms with Crippen LogP contribution in [0.25, 0.3) is 11.0 Å². The van der Waals surface area contributed by atoms with Crippen LogP contribution in [0.5, 0.6) is 0 Å². The highest BCUT2D eigenvalue weighted by Crippen LogP contribution is 2.34. The smallest absolute Gasteiger partial charge is 0.245 e. The van der Waals surface area contributed by atoms with Gasteiger partial charge in [-0.05, 0) is 49.6 Å². The van der Waals surface area contributed by atoms with Crippen LogP contribution in [-0.2, 0) is 4.79 Å². The molecule has 1 aliphatic rings. The molecule has 1 amide bonds. The minimum Gasteiger partial charge on any atom is -0.334 e. The van der Waals surface area contributed by atoms with Crippen LogP contribution in [-0.4, -0.2) is 26.9 Å². The van der Waals surface area contributed by atoms with Crippen LogP contribution < -0.4 is 0 Å². The number of likely N-dealkylation sites (tertiary alicyclic amines) is 1. The number of halogens is 1. The predicted octanol–water partition coefficient (Wildman–Crippen LogP) is 4.61. The van der Waals surface area contributed by atoms with Crippen LogP contribution >= 0.6 is 11.6 Å². The van der Waals surface area contributed by atoms with Crippen molar-refractivity contribution in [1.29, 1.82) is 0 Å². The number of para-hydroxylation sites is 2. The summed E-state index contributed by atoms with van der Waals surface area (Å²) in [6.45, 7) is 2.75. The fraction of sp³-hybridized carbons (Fsp3) is 0.300. The molecule has 0 unspecified atom stereocenters. The molecule has 4 nitrogen and oxygen atoms in total. The summed E-state index contributed by atoms with van der Waals surface area (Å²) < 4.78 is 1.97. The zero-order valence-electron chi connectivity index (χ0n) is 14.1. The van der Waals surface area contributed by atoms with E-state index in [4.69, 9.17) is 11.6 Å². The third-order valence-corrected chi connectivity index (χ3v) is 5.30. The van der Waals surface area contributed by atoms with Crippen molar-refractivity contribution in [3.63, 3.8) is 0 Å². The molecule has 2 atom stereocenters. The molecule has 1 fully saturated rings. The third kappa shape index (κ3) is 2.91. The first-order valence-electron chi connectivity index (χ1n) is 8.62. The lowest BCUT2D eigenvalue weighted by Gasteiger charge is -2.28. The number of hydrogen-bond donors (Lipinski definition) is 0. The van der Waals surface area contributed by atoms with Crippen LogP contribution in [0.2, 0.25) is 5.02 Å². The Kier molecular flexibility index (Phi) is 4.22. The number of hydrogen-bond acceptors (Lipinski definition) is 2. The standard InChI is InChI=1S/C20H20ClN3O/c1-14(24-13-22-17-5-2-3-6-19(17)24)20(25)23-12-4-7-18(23)15-8-10-16(21)11-9-15/h2-3,5-6,8-11,13-14,18H,4,7,12H2,1H3/t14-,18+/m0/s1. The Morgan fingerprint density at radius 3 is 2.76 bits per heavy atom. The number of nitrogens with zero attached hydrogens (tertiary/aromatic N) is 3. The van der Waals surface area contributed by atoms with Gasteiger partial charge in [0.2, 0.25) is 5.91 Å². The van der Waals surface area contributed by atoms with Gasteiger partial charge in [0.25, 0.3) is 0 Å². The van der Waals surface area contributed by atoms with Crippen molar-refractivity contribution < 1.29 is 4.79 Å².